The predicted molar refractivity (Wildman–Crippen MR) is 113 cm³/mol. The van der Waals surface area contributed by atoms with Crippen LogP contribution in [0.2, 0.25) is 0 Å². The molecule has 1 fully saturated rings. The van der Waals surface area contributed by atoms with E-state index in [-0.39, 0.29) is 6.04 Å². The summed E-state index contributed by atoms with van der Waals surface area (Å²) in [4.78, 5) is 9.54. The van der Waals surface area contributed by atoms with E-state index in [1.165, 1.54) is 25.1 Å². The highest BCUT2D eigenvalue weighted by atomic mass is 16.5. The normalized spacial score (nSPS) is 19.4. The van der Waals surface area contributed by atoms with Crippen molar-refractivity contribution in [3.8, 4) is 11.4 Å². The molecule has 0 bridgehead atoms. The third kappa shape index (κ3) is 4.02. The van der Waals surface area contributed by atoms with Crippen molar-refractivity contribution in [2.24, 2.45) is 0 Å². The van der Waals surface area contributed by atoms with Gasteiger partial charge in [0.15, 0.2) is 0 Å². The predicted octanol–water partition coefficient (Wildman–Crippen LogP) is 2.93. The zero-order valence-corrected chi connectivity index (χ0v) is 17.6. The third-order valence-corrected chi connectivity index (χ3v) is 6.34. The van der Waals surface area contributed by atoms with Crippen LogP contribution < -0.4 is 0 Å². The molecule has 0 amide bonds. The molecule has 8 nitrogen and oxygen atoms in total. The van der Waals surface area contributed by atoms with Gasteiger partial charge in [-0.2, -0.15) is 4.98 Å². The van der Waals surface area contributed by atoms with E-state index in [9.17, 15) is 0 Å². The Labute approximate surface area is 176 Å². The summed E-state index contributed by atoms with van der Waals surface area (Å²) in [5.74, 6) is 3.63. The number of hydrogen-bond donors (Lipinski definition) is 0. The number of aromatic nitrogens is 5. The quantitative estimate of drug-likeness (QED) is 0.644. The Balaban J connectivity index is 1.18. The number of fused-ring (bicyclic) bond motifs is 1. The standard InChI is InChI=1S/C22H29N7O/c1-17(22-23-21(26-30-22)18-8-4-2-5-9-18)28-14-12-27(13-15-28)16-20-25-24-19-10-6-3-7-11-29(19)20/h2,4-5,8-9,17H,3,6-7,10-16H2,1H3. The fourth-order valence-electron chi connectivity index (χ4n) is 4.44. The van der Waals surface area contributed by atoms with Gasteiger partial charge >= 0.3 is 0 Å². The van der Waals surface area contributed by atoms with E-state index in [1.54, 1.807) is 0 Å². The van der Waals surface area contributed by atoms with E-state index in [4.69, 9.17) is 4.52 Å². The Bertz CT molecular complexity index is 959. The molecule has 8 heteroatoms. The fourth-order valence-corrected chi connectivity index (χ4v) is 4.44. The SMILES string of the molecule is CC(c1nc(-c2ccccc2)no1)N1CCN(Cc2nnc3n2CCCCC3)CC1. The zero-order chi connectivity index (χ0) is 20.3. The lowest BCUT2D eigenvalue weighted by molar-refractivity contribution is 0.0824. The van der Waals surface area contributed by atoms with Crippen molar-refractivity contribution in [2.75, 3.05) is 26.2 Å². The minimum Gasteiger partial charge on any atom is -0.337 e. The topological polar surface area (TPSA) is 76.1 Å². The summed E-state index contributed by atoms with van der Waals surface area (Å²) in [5.41, 5.74) is 0.983. The number of benzene rings is 1. The van der Waals surface area contributed by atoms with Crippen molar-refractivity contribution in [1.29, 1.82) is 0 Å². The van der Waals surface area contributed by atoms with Crippen LogP contribution in [0.25, 0.3) is 11.4 Å². The van der Waals surface area contributed by atoms with E-state index in [2.05, 4.69) is 41.6 Å². The molecule has 3 aromatic rings. The highest BCUT2D eigenvalue weighted by Crippen LogP contribution is 2.24. The molecule has 5 rings (SSSR count). The summed E-state index contributed by atoms with van der Waals surface area (Å²) < 4.78 is 7.93. The minimum absolute atomic E-state index is 0.112. The summed E-state index contributed by atoms with van der Waals surface area (Å²) in [5, 5.41) is 13.1. The average molecular weight is 408 g/mol. The Morgan fingerprint density at radius 3 is 2.63 bits per heavy atom. The summed E-state index contributed by atoms with van der Waals surface area (Å²) >= 11 is 0. The van der Waals surface area contributed by atoms with Crippen LogP contribution in [0, 0.1) is 0 Å². The second kappa shape index (κ2) is 8.65. The van der Waals surface area contributed by atoms with Gasteiger partial charge in [0.2, 0.25) is 11.7 Å². The molecule has 30 heavy (non-hydrogen) atoms. The maximum atomic E-state index is 5.58. The summed E-state index contributed by atoms with van der Waals surface area (Å²) in [6.45, 7) is 8.06. The van der Waals surface area contributed by atoms with Gasteiger partial charge in [-0.05, 0) is 19.8 Å². The van der Waals surface area contributed by atoms with Crippen molar-refractivity contribution in [3.63, 3.8) is 0 Å². The van der Waals surface area contributed by atoms with E-state index < -0.39 is 0 Å². The monoisotopic (exact) mass is 407 g/mol. The lowest BCUT2D eigenvalue weighted by Gasteiger charge is -2.36. The van der Waals surface area contributed by atoms with Crippen LogP contribution in [0.3, 0.4) is 0 Å². The van der Waals surface area contributed by atoms with Crippen LogP contribution in [0.4, 0.5) is 0 Å². The molecule has 0 spiro atoms. The molecule has 1 aromatic carbocycles. The Hall–Kier alpha value is -2.58. The number of aryl methyl sites for hydroxylation is 1. The molecule has 0 aliphatic carbocycles. The molecule has 1 unspecified atom stereocenters. The van der Waals surface area contributed by atoms with Gasteiger partial charge in [-0.15, -0.1) is 10.2 Å². The van der Waals surface area contributed by atoms with Gasteiger partial charge < -0.3 is 9.09 Å². The summed E-state index contributed by atoms with van der Waals surface area (Å²) in [6, 6.07) is 10.1. The Morgan fingerprint density at radius 1 is 0.967 bits per heavy atom. The largest absolute Gasteiger partial charge is 0.337 e. The lowest BCUT2D eigenvalue weighted by Crippen LogP contribution is -2.47. The van der Waals surface area contributed by atoms with Crippen molar-refractivity contribution in [2.45, 2.75) is 51.7 Å². The molecule has 0 saturated carbocycles. The van der Waals surface area contributed by atoms with E-state index in [0.29, 0.717) is 11.7 Å². The van der Waals surface area contributed by atoms with Gasteiger partial charge in [-0.3, -0.25) is 9.80 Å². The molecule has 2 aromatic heterocycles. The number of nitrogens with zero attached hydrogens (tertiary/aromatic N) is 7. The maximum Gasteiger partial charge on any atom is 0.244 e. The van der Waals surface area contributed by atoms with E-state index >= 15 is 0 Å². The van der Waals surface area contributed by atoms with Crippen molar-refractivity contribution in [3.05, 3.63) is 47.9 Å². The van der Waals surface area contributed by atoms with Crippen molar-refractivity contribution >= 4 is 0 Å². The maximum absolute atomic E-state index is 5.58. The van der Waals surface area contributed by atoms with E-state index in [0.717, 1.165) is 57.1 Å². The van der Waals surface area contributed by atoms with Crippen LogP contribution >= 0.6 is 0 Å². The molecule has 0 N–H and O–H groups in total. The first-order valence-electron chi connectivity index (χ1n) is 11.0. The first-order chi connectivity index (χ1) is 14.8. The minimum atomic E-state index is 0.112. The van der Waals surface area contributed by atoms with Gasteiger partial charge in [0, 0.05) is 44.7 Å². The first-order valence-corrected chi connectivity index (χ1v) is 11.0. The first kappa shape index (κ1) is 19.4. The van der Waals surface area contributed by atoms with Gasteiger partial charge in [-0.25, -0.2) is 0 Å². The average Bonchev–Trinajstić information content (AvgIpc) is 3.36. The molecule has 4 heterocycles. The highest BCUT2D eigenvalue weighted by Gasteiger charge is 2.27. The molecular formula is C22H29N7O. The smallest absolute Gasteiger partial charge is 0.244 e. The van der Waals surface area contributed by atoms with Gasteiger partial charge in [-0.1, -0.05) is 41.9 Å². The summed E-state index contributed by atoms with van der Waals surface area (Å²) in [7, 11) is 0. The summed E-state index contributed by atoms with van der Waals surface area (Å²) in [6.07, 6.45) is 4.82. The van der Waals surface area contributed by atoms with Gasteiger partial charge in [0.05, 0.1) is 12.6 Å². The van der Waals surface area contributed by atoms with Crippen LogP contribution in [-0.4, -0.2) is 60.9 Å². The third-order valence-electron chi connectivity index (χ3n) is 6.34. The number of piperazine rings is 1. The zero-order valence-electron chi connectivity index (χ0n) is 17.6. The fraction of sp³-hybridized carbons (Fsp3) is 0.545. The molecule has 2 aliphatic heterocycles. The van der Waals surface area contributed by atoms with Gasteiger partial charge in [0.1, 0.15) is 11.6 Å². The molecule has 0 radical (unpaired) electrons. The van der Waals surface area contributed by atoms with E-state index in [1.807, 2.05) is 30.3 Å². The van der Waals surface area contributed by atoms with Crippen LogP contribution in [0.15, 0.2) is 34.9 Å². The number of rotatable bonds is 5. The molecule has 158 valence electrons. The molecule has 1 saturated heterocycles. The van der Waals surface area contributed by atoms with Gasteiger partial charge in [0.25, 0.3) is 0 Å². The second-order valence-corrected chi connectivity index (χ2v) is 8.31. The Kier molecular flexibility index (Phi) is 5.59. The van der Waals surface area contributed by atoms with Crippen LogP contribution in [0.5, 0.6) is 0 Å². The molecule has 1 atom stereocenters. The second-order valence-electron chi connectivity index (χ2n) is 8.31. The van der Waals surface area contributed by atoms with Crippen LogP contribution in [-0.2, 0) is 19.5 Å². The number of hydrogen-bond acceptors (Lipinski definition) is 7. The Morgan fingerprint density at radius 2 is 1.80 bits per heavy atom. The molecule has 2 aliphatic rings. The van der Waals surface area contributed by atoms with Crippen molar-refractivity contribution < 1.29 is 4.52 Å². The van der Waals surface area contributed by atoms with Crippen molar-refractivity contribution in [1.82, 2.24) is 34.7 Å². The molecular weight excluding hydrogens is 378 g/mol. The van der Waals surface area contributed by atoms with Crippen LogP contribution in [0.1, 0.15) is 49.8 Å². The highest BCUT2D eigenvalue weighted by molar-refractivity contribution is 5.53. The lowest BCUT2D eigenvalue weighted by atomic mass is 10.2.